The summed E-state index contributed by atoms with van der Waals surface area (Å²) < 4.78 is 12.9. The molecule has 0 aliphatic heterocycles. The van der Waals surface area contributed by atoms with E-state index in [9.17, 15) is 5.26 Å². The highest BCUT2D eigenvalue weighted by Crippen LogP contribution is 2.43. The van der Waals surface area contributed by atoms with Crippen LogP contribution in [0.1, 0.15) is 5.56 Å². The Kier molecular flexibility index (Phi) is 6.51. The second-order valence-electron chi connectivity index (χ2n) is 13.5. The van der Waals surface area contributed by atoms with Crippen molar-refractivity contribution in [3.05, 3.63) is 163 Å². The van der Waals surface area contributed by atoms with Crippen LogP contribution in [0.2, 0.25) is 0 Å². The molecule has 0 fully saturated rings. The van der Waals surface area contributed by atoms with Crippen LogP contribution in [0.5, 0.6) is 0 Å². The van der Waals surface area contributed by atoms with Gasteiger partial charge in [-0.3, -0.25) is 0 Å². The molecule has 3 heterocycles. The first-order valence-corrected chi connectivity index (χ1v) is 17.7. The zero-order chi connectivity index (χ0) is 35.8. The Labute approximate surface area is 308 Å². The lowest BCUT2D eigenvalue weighted by atomic mass is 9.92. The van der Waals surface area contributed by atoms with Crippen molar-refractivity contribution in [1.82, 2.24) is 15.0 Å². The van der Waals surface area contributed by atoms with Crippen LogP contribution < -0.4 is 0 Å². The molecule has 0 saturated heterocycles. The number of aromatic nitrogens is 3. The van der Waals surface area contributed by atoms with Gasteiger partial charge in [0.2, 0.25) is 0 Å². The summed E-state index contributed by atoms with van der Waals surface area (Å²) in [5.74, 6) is 1.64. The summed E-state index contributed by atoms with van der Waals surface area (Å²) in [7, 11) is 0. The number of rotatable bonds is 4. The lowest BCUT2D eigenvalue weighted by molar-refractivity contribution is 0.668. The highest BCUT2D eigenvalue weighted by molar-refractivity contribution is 6.23. The molecule has 54 heavy (non-hydrogen) atoms. The SMILES string of the molecule is N#Cc1ccc2c(c1)oc1cccc(-c3nc(-c4ccccc4)nc(-c4ccc5oc6cc(-c7cccc8ccccc78)c7ccccc7c6c5c4)n3)c12. The zero-order valence-corrected chi connectivity index (χ0v) is 28.6. The van der Waals surface area contributed by atoms with Gasteiger partial charge in [-0.05, 0) is 81.2 Å². The topological polar surface area (TPSA) is 88.7 Å². The molecule has 6 heteroatoms. The molecule has 250 valence electrons. The Balaban J connectivity index is 1.14. The van der Waals surface area contributed by atoms with Gasteiger partial charge in [-0.15, -0.1) is 0 Å². The first-order valence-electron chi connectivity index (χ1n) is 17.7. The molecular weight excluding hydrogens is 665 g/mol. The molecule has 0 atom stereocenters. The third-order valence-electron chi connectivity index (χ3n) is 10.3. The monoisotopic (exact) mass is 690 g/mol. The Morgan fingerprint density at radius 1 is 0.389 bits per heavy atom. The molecule has 8 aromatic carbocycles. The number of nitriles is 1. The Morgan fingerprint density at radius 3 is 1.96 bits per heavy atom. The van der Waals surface area contributed by atoms with Gasteiger partial charge < -0.3 is 8.83 Å². The van der Waals surface area contributed by atoms with Gasteiger partial charge in [-0.1, -0.05) is 109 Å². The van der Waals surface area contributed by atoms with Gasteiger partial charge >= 0.3 is 0 Å². The molecule has 11 aromatic rings. The minimum atomic E-state index is 0.527. The summed E-state index contributed by atoms with van der Waals surface area (Å²) in [6, 6.07) is 55.4. The standard InChI is InChI=1S/C48H26N4O2/c49-27-28-20-22-36-42(24-28)54-41-19-9-18-37(45(36)41)48-51-46(30-11-2-1-3-12-30)50-47(52-48)31-21-23-40-39(25-31)44-35-16-7-6-15-34(35)38(26-43(44)53-40)33-17-8-13-29-10-4-5-14-32(29)33/h1-26H. The minimum Gasteiger partial charge on any atom is -0.456 e. The number of nitrogens with zero attached hydrogens (tertiary/aromatic N) is 4. The average molecular weight is 691 g/mol. The molecular formula is C48H26N4O2. The van der Waals surface area contributed by atoms with Crippen molar-refractivity contribution < 1.29 is 8.83 Å². The van der Waals surface area contributed by atoms with Crippen LogP contribution >= 0.6 is 0 Å². The van der Waals surface area contributed by atoms with Gasteiger partial charge in [0.15, 0.2) is 17.5 Å². The highest BCUT2D eigenvalue weighted by atomic mass is 16.3. The van der Waals surface area contributed by atoms with E-state index in [0.29, 0.717) is 34.2 Å². The molecule has 0 radical (unpaired) electrons. The average Bonchev–Trinajstić information content (AvgIpc) is 3.81. The van der Waals surface area contributed by atoms with E-state index in [4.69, 9.17) is 23.8 Å². The fourth-order valence-corrected chi connectivity index (χ4v) is 7.89. The lowest BCUT2D eigenvalue weighted by Gasteiger charge is -2.11. The van der Waals surface area contributed by atoms with Gasteiger partial charge in [-0.25, -0.2) is 15.0 Å². The van der Waals surface area contributed by atoms with Crippen LogP contribution in [0.15, 0.2) is 167 Å². The smallest absolute Gasteiger partial charge is 0.164 e. The van der Waals surface area contributed by atoms with E-state index in [1.165, 1.54) is 16.3 Å². The molecule has 0 N–H and O–H groups in total. The molecule has 3 aromatic heterocycles. The van der Waals surface area contributed by atoms with E-state index < -0.39 is 0 Å². The van der Waals surface area contributed by atoms with Crippen molar-refractivity contribution >= 4 is 65.4 Å². The molecule has 0 aliphatic carbocycles. The van der Waals surface area contributed by atoms with Crippen LogP contribution in [0.25, 0.3) is 111 Å². The first-order chi connectivity index (χ1) is 26.7. The van der Waals surface area contributed by atoms with Gasteiger partial charge in [0.05, 0.1) is 11.6 Å². The molecule has 0 saturated carbocycles. The Hall–Kier alpha value is -7.62. The van der Waals surface area contributed by atoms with Crippen molar-refractivity contribution in [3.63, 3.8) is 0 Å². The largest absolute Gasteiger partial charge is 0.456 e. The van der Waals surface area contributed by atoms with Crippen LogP contribution in [-0.2, 0) is 0 Å². The van der Waals surface area contributed by atoms with Crippen LogP contribution in [0.4, 0.5) is 0 Å². The summed E-state index contributed by atoms with van der Waals surface area (Å²) in [4.78, 5) is 15.2. The molecule has 0 amide bonds. The number of benzene rings is 8. The van der Waals surface area contributed by atoms with Crippen molar-refractivity contribution in [2.24, 2.45) is 0 Å². The quantitative estimate of drug-likeness (QED) is 0.183. The maximum Gasteiger partial charge on any atom is 0.164 e. The normalized spacial score (nSPS) is 11.7. The summed E-state index contributed by atoms with van der Waals surface area (Å²) in [5.41, 5.74) is 8.33. The van der Waals surface area contributed by atoms with Crippen molar-refractivity contribution in [2.45, 2.75) is 0 Å². The van der Waals surface area contributed by atoms with E-state index in [1.807, 2.05) is 72.8 Å². The second kappa shape index (κ2) is 11.7. The predicted molar refractivity (Wildman–Crippen MR) is 216 cm³/mol. The zero-order valence-electron chi connectivity index (χ0n) is 28.6. The van der Waals surface area contributed by atoms with Gasteiger partial charge in [-0.2, -0.15) is 5.26 Å². The van der Waals surface area contributed by atoms with Crippen molar-refractivity contribution in [2.75, 3.05) is 0 Å². The summed E-state index contributed by atoms with van der Waals surface area (Å²) >= 11 is 0. The Morgan fingerprint density at radius 2 is 1.09 bits per heavy atom. The summed E-state index contributed by atoms with van der Waals surface area (Å²) in [6.07, 6.45) is 0. The van der Waals surface area contributed by atoms with Crippen molar-refractivity contribution in [1.29, 1.82) is 5.26 Å². The van der Waals surface area contributed by atoms with Crippen molar-refractivity contribution in [3.8, 4) is 51.4 Å². The van der Waals surface area contributed by atoms with Crippen LogP contribution in [0.3, 0.4) is 0 Å². The summed E-state index contributed by atoms with van der Waals surface area (Å²) in [5, 5.41) is 18.0. The van der Waals surface area contributed by atoms with E-state index in [1.54, 1.807) is 6.07 Å². The molecule has 11 rings (SSSR count). The lowest BCUT2D eigenvalue weighted by Crippen LogP contribution is -2.00. The minimum absolute atomic E-state index is 0.527. The highest BCUT2D eigenvalue weighted by Gasteiger charge is 2.20. The van der Waals surface area contributed by atoms with Gasteiger partial charge in [0, 0.05) is 38.2 Å². The van der Waals surface area contributed by atoms with Crippen LogP contribution in [0, 0.1) is 11.3 Å². The third kappa shape index (κ3) is 4.62. The maximum absolute atomic E-state index is 9.51. The second-order valence-corrected chi connectivity index (χ2v) is 13.5. The Bertz CT molecular complexity index is 3350. The van der Waals surface area contributed by atoms with E-state index in [0.717, 1.165) is 65.7 Å². The van der Waals surface area contributed by atoms with Gasteiger partial charge in [0.25, 0.3) is 0 Å². The van der Waals surface area contributed by atoms with Gasteiger partial charge in [0.1, 0.15) is 22.3 Å². The maximum atomic E-state index is 9.51. The van der Waals surface area contributed by atoms with Crippen LogP contribution in [-0.4, -0.2) is 15.0 Å². The van der Waals surface area contributed by atoms with E-state index in [2.05, 4.69) is 84.9 Å². The molecule has 0 unspecified atom stereocenters. The number of hydrogen-bond acceptors (Lipinski definition) is 6. The fourth-order valence-electron chi connectivity index (χ4n) is 7.89. The number of hydrogen-bond donors (Lipinski definition) is 0. The third-order valence-corrected chi connectivity index (χ3v) is 10.3. The first kappa shape index (κ1) is 30.0. The fraction of sp³-hybridized carbons (Fsp3) is 0. The van der Waals surface area contributed by atoms with E-state index >= 15 is 0 Å². The molecule has 6 nitrogen and oxygen atoms in total. The number of furan rings is 2. The molecule has 0 bridgehead atoms. The molecule has 0 spiro atoms. The summed E-state index contributed by atoms with van der Waals surface area (Å²) in [6.45, 7) is 0. The predicted octanol–water partition coefficient (Wildman–Crippen LogP) is 12.5. The van der Waals surface area contributed by atoms with E-state index in [-0.39, 0.29) is 0 Å². The molecule has 0 aliphatic rings. The number of fused-ring (bicyclic) bond motifs is 9.